The van der Waals surface area contributed by atoms with E-state index in [0.29, 0.717) is 0 Å². The van der Waals surface area contributed by atoms with E-state index in [2.05, 4.69) is 122 Å². The Hall–Kier alpha value is -4.16. The molecule has 0 spiro atoms. The number of rotatable bonds is 1. The zero-order chi connectivity index (χ0) is 21.9. The second-order valence-corrected chi connectivity index (χ2v) is 8.98. The molecule has 0 saturated carbocycles. The van der Waals surface area contributed by atoms with Crippen LogP contribution in [-0.2, 0) is 0 Å². The van der Waals surface area contributed by atoms with Gasteiger partial charge in [-0.25, -0.2) is 0 Å². The zero-order valence-corrected chi connectivity index (χ0v) is 18.5. The summed E-state index contributed by atoms with van der Waals surface area (Å²) in [5, 5.41) is 13.1. The summed E-state index contributed by atoms with van der Waals surface area (Å²) in [6.07, 6.45) is 0. The number of hydrogen-bond acceptors (Lipinski definition) is 0. The molecule has 154 valence electrons. The van der Waals surface area contributed by atoms with Crippen LogP contribution in [0.25, 0.3) is 65.0 Å². The van der Waals surface area contributed by atoms with E-state index < -0.39 is 0 Å². The molecule has 0 nitrogen and oxygen atoms in total. The van der Waals surface area contributed by atoms with Crippen LogP contribution in [0.4, 0.5) is 0 Å². The summed E-state index contributed by atoms with van der Waals surface area (Å²) in [6.45, 7) is 2.24. The largest absolute Gasteiger partial charge is 0.0616 e. The summed E-state index contributed by atoms with van der Waals surface area (Å²) < 4.78 is 0. The van der Waals surface area contributed by atoms with Gasteiger partial charge in [-0.2, -0.15) is 0 Å². The van der Waals surface area contributed by atoms with E-state index >= 15 is 0 Å². The average Bonchev–Trinajstić information content (AvgIpc) is 2.88. The lowest BCUT2D eigenvalue weighted by molar-refractivity contribution is 1.58. The second-order valence-electron chi connectivity index (χ2n) is 8.98. The van der Waals surface area contributed by atoms with Gasteiger partial charge in [-0.1, -0.05) is 109 Å². The Labute approximate surface area is 192 Å². The third kappa shape index (κ3) is 2.64. The lowest BCUT2D eigenvalue weighted by atomic mass is 9.87. The molecule has 0 heteroatoms. The van der Waals surface area contributed by atoms with Crippen LogP contribution in [-0.4, -0.2) is 0 Å². The fraction of sp³-hybridized carbons (Fsp3) is 0.0303. The topological polar surface area (TPSA) is 0 Å². The first-order chi connectivity index (χ1) is 16.3. The Bertz CT molecular complexity index is 1810. The molecule has 0 aliphatic heterocycles. The van der Waals surface area contributed by atoms with Crippen molar-refractivity contribution in [2.24, 2.45) is 0 Å². The smallest absolute Gasteiger partial charge is 0.00264 e. The van der Waals surface area contributed by atoms with Gasteiger partial charge in [0.25, 0.3) is 0 Å². The first-order valence-corrected chi connectivity index (χ1v) is 11.5. The zero-order valence-electron chi connectivity index (χ0n) is 18.5. The molecule has 33 heavy (non-hydrogen) atoms. The van der Waals surface area contributed by atoms with E-state index in [1.54, 1.807) is 0 Å². The van der Waals surface area contributed by atoms with Gasteiger partial charge < -0.3 is 0 Å². The molecule has 0 aliphatic carbocycles. The average molecular weight is 419 g/mol. The van der Waals surface area contributed by atoms with Crippen LogP contribution in [0, 0.1) is 6.92 Å². The monoisotopic (exact) mass is 418 g/mol. The highest BCUT2D eigenvalue weighted by Gasteiger charge is 2.14. The Morgan fingerprint density at radius 3 is 1.55 bits per heavy atom. The molecule has 0 atom stereocenters. The highest BCUT2D eigenvalue weighted by molar-refractivity contribution is 6.22. The third-order valence-corrected chi connectivity index (χ3v) is 7.22. The van der Waals surface area contributed by atoms with E-state index in [-0.39, 0.29) is 0 Å². The number of fused-ring (bicyclic) bond motifs is 7. The van der Waals surface area contributed by atoms with Crippen molar-refractivity contribution in [2.45, 2.75) is 6.92 Å². The molecule has 0 N–H and O–H groups in total. The number of hydrogen-bond donors (Lipinski definition) is 0. The molecule has 0 aliphatic rings. The molecule has 7 aromatic carbocycles. The minimum Gasteiger partial charge on any atom is -0.0616 e. The summed E-state index contributed by atoms with van der Waals surface area (Å²) >= 11 is 0. The molecule has 0 radical (unpaired) electrons. The maximum absolute atomic E-state index is 2.41. The van der Waals surface area contributed by atoms with Crippen LogP contribution in [0.3, 0.4) is 0 Å². The van der Waals surface area contributed by atoms with Crippen LogP contribution in [0.2, 0.25) is 0 Å². The van der Waals surface area contributed by atoms with Gasteiger partial charge in [0.15, 0.2) is 0 Å². The molecular weight excluding hydrogens is 396 g/mol. The van der Waals surface area contributed by atoms with E-state index in [1.165, 1.54) is 70.6 Å². The summed E-state index contributed by atoms with van der Waals surface area (Å²) in [7, 11) is 0. The van der Waals surface area contributed by atoms with Gasteiger partial charge in [0.2, 0.25) is 0 Å². The van der Waals surface area contributed by atoms with Crippen molar-refractivity contribution >= 4 is 53.9 Å². The molecule has 0 aromatic heterocycles. The normalized spacial score (nSPS) is 11.8. The van der Waals surface area contributed by atoms with Crippen LogP contribution in [0.1, 0.15) is 5.56 Å². The van der Waals surface area contributed by atoms with Gasteiger partial charge in [-0.3, -0.25) is 0 Å². The van der Waals surface area contributed by atoms with Crippen LogP contribution >= 0.6 is 0 Å². The van der Waals surface area contributed by atoms with E-state index in [0.717, 1.165) is 0 Å². The Kier molecular flexibility index (Phi) is 3.86. The van der Waals surface area contributed by atoms with Gasteiger partial charge in [-0.15, -0.1) is 0 Å². The number of aryl methyl sites for hydroxylation is 1. The first-order valence-electron chi connectivity index (χ1n) is 11.5. The molecule has 0 unspecified atom stereocenters. The predicted molar refractivity (Wildman–Crippen MR) is 144 cm³/mol. The maximum Gasteiger partial charge on any atom is -0.00264 e. The molecule has 0 fully saturated rings. The predicted octanol–water partition coefficient (Wildman–Crippen LogP) is 9.43. The summed E-state index contributed by atoms with van der Waals surface area (Å²) in [6, 6.07) is 42.4. The van der Waals surface area contributed by atoms with Gasteiger partial charge in [0, 0.05) is 0 Å². The quantitative estimate of drug-likeness (QED) is 0.184. The SMILES string of the molecule is Cc1c2ccccc2c(-c2ccc3ccc4ccc5ccccc5c4c3c2)c2ccccc12. The highest BCUT2D eigenvalue weighted by Crippen LogP contribution is 2.41. The van der Waals surface area contributed by atoms with Crippen LogP contribution in [0.15, 0.2) is 115 Å². The van der Waals surface area contributed by atoms with Crippen LogP contribution in [0.5, 0.6) is 0 Å². The molecule has 0 saturated heterocycles. The molecule has 0 heterocycles. The molecule has 7 rings (SSSR count). The Morgan fingerprint density at radius 1 is 0.394 bits per heavy atom. The highest BCUT2D eigenvalue weighted by atomic mass is 14.2. The van der Waals surface area contributed by atoms with E-state index in [9.17, 15) is 0 Å². The van der Waals surface area contributed by atoms with Crippen LogP contribution < -0.4 is 0 Å². The van der Waals surface area contributed by atoms with Gasteiger partial charge >= 0.3 is 0 Å². The minimum absolute atomic E-state index is 1.27. The van der Waals surface area contributed by atoms with E-state index in [1.807, 2.05) is 0 Å². The first kappa shape index (κ1) is 18.4. The summed E-state index contributed by atoms with van der Waals surface area (Å²) in [5.74, 6) is 0. The Morgan fingerprint density at radius 2 is 0.879 bits per heavy atom. The summed E-state index contributed by atoms with van der Waals surface area (Å²) in [5.41, 5.74) is 3.95. The van der Waals surface area contributed by atoms with Crippen molar-refractivity contribution in [3.8, 4) is 11.1 Å². The standard InChI is InChI=1S/C33H22/c1-21-26-9-4-6-12-29(26)33(30-13-7-5-10-27(21)30)25-19-16-23-15-18-24-17-14-22-8-2-3-11-28(22)32(24)31(23)20-25/h2-20H,1H3. The van der Waals surface area contributed by atoms with Gasteiger partial charge in [0.1, 0.15) is 0 Å². The van der Waals surface area contributed by atoms with Crippen molar-refractivity contribution < 1.29 is 0 Å². The van der Waals surface area contributed by atoms with E-state index in [4.69, 9.17) is 0 Å². The molecule has 0 bridgehead atoms. The lowest BCUT2D eigenvalue weighted by Gasteiger charge is -2.16. The molecule has 7 aromatic rings. The van der Waals surface area contributed by atoms with Crippen molar-refractivity contribution in [2.75, 3.05) is 0 Å². The molecule has 0 amide bonds. The van der Waals surface area contributed by atoms with Gasteiger partial charge in [-0.05, 0) is 83.5 Å². The Balaban J connectivity index is 1.66. The fourth-order valence-electron chi connectivity index (χ4n) is 5.64. The van der Waals surface area contributed by atoms with Crippen molar-refractivity contribution in [3.63, 3.8) is 0 Å². The lowest BCUT2D eigenvalue weighted by Crippen LogP contribution is -1.90. The maximum atomic E-state index is 2.41. The third-order valence-electron chi connectivity index (χ3n) is 7.22. The van der Waals surface area contributed by atoms with Crippen molar-refractivity contribution in [3.05, 3.63) is 121 Å². The minimum atomic E-state index is 1.27. The van der Waals surface area contributed by atoms with Gasteiger partial charge in [0.05, 0.1) is 0 Å². The second kappa shape index (κ2) is 6.92. The molecular formula is C33H22. The van der Waals surface area contributed by atoms with Crippen molar-refractivity contribution in [1.29, 1.82) is 0 Å². The fourth-order valence-corrected chi connectivity index (χ4v) is 5.64. The number of benzene rings is 7. The van der Waals surface area contributed by atoms with Crippen molar-refractivity contribution in [1.82, 2.24) is 0 Å². The summed E-state index contributed by atoms with van der Waals surface area (Å²) in [4.78, 5) is 0.